The predicted octanol–water partition coefficient (Wildman–Crippen LogP) is 12.5. The Morgan fingerprint density at radius 3 is 0.703 bits per heavy atom. The number of ether oxygens (including phenoxy) is 1. The third kappa shape index (κ3) is 25.9. The van der Waals surface area contributed by atoms with Crippen LogP contribution in [-0.4, -0.2) is 18.2 Å². The highest BCUT2D eigenvalue weighted by atomic mass is 16.5. The van der Waals surface area contributed by atoms with E-state index in [1.165, 1.54) is 89.9 Å². The third-order valence-corrected chi connectivity index (χ3v) is 8.64. The fourth-order valence-electron chi connectivity index (χ4n) is 5.29. The van der Waals surface area contributed by atoms with E-state index in [9.17, 15) is 0 Å². The van der Waals surface area contributed by atoms with Crippen molar-refractivity contribution in [3.63, 3.8) is 0 Å². The van der Waals surface area contributed by atoms with Gasteiger partial charge in [-0.1, -0.05) is 155 Å². The normalized spacial score (nSPS) is 34.4. The molecule has 1 aliphatic heterocycles. The molecule has 0 amide bonds. The molecule has 1 saturated heterocycles. The largest absolute Gasteiger partial charge is 0.412 e. The van der Waals surface area contributed by atoms with Crippen LogP contribution in [0.5, 0.6) is 0 Å². The zero-order valence-electron chi connectivity index (χ0n) is 24.1. The van der Waals surface area contributed by atoms with E-state index in [-0.39, 0.29) is 38.0 Å². The van der Waals surface area contributed by atoms with Crippen molar-refractivity contribution in [2.45, 2.75) is 181 Å². The fraction of sp³-hybridized carbons (Fsp3) is 1.00. The van der Waals surface area contributed by atoms with Crippen LogP contribution >= 0.6 is 0 Å². The van der Waals surface area contributed by atoms with Gasteiger partial charge in [0, 0.05) is 9.46 Å². The van der Waals surface area contributed by atoms with Gasteiger partial charge >= 0.3 is 0 Å². The quantitative estimate of drug-likeness (QED) is 0.303. The van der Waals surface area contributed by atoms with E-state index in [2.05, 4.69) is 55.4 Å². The molecule has 2 atom stereocenters. The van der Waals surface area contributed by atoms with Crippen molar-refractivity contribution in [2.24, 2.45) is 41.4 Å². The van der Waals surface area contributed by atoms with Gasteiger partial charge in [0.2, 0.25) is 0 Å². The molecule has 2 N–H and O–H groups in total. The van der Waals surface area contributed by atoms with Gasteiger partial charge in [-0.25, -0.2) is 0 Å². The molecule has 37 heavy (non-hydrogen) atoms. The molecular formula is C35H84O2. The molecule has 4 fully saturated rings. The molecule has 0 aromatic carbocycles. The lowest BCUT2D eigenvalue weighted by Crippen LogP contribution is -2.21. The summed E-state index contributed by atoms with van der Waals surface area (Å²) in [4.78, 5) is 0. The summed E-state index contributed by atoms with van der Waals surface area (Å²) in [6, 6.07) is 0. The first kappa shape index (κ1) is 46.8. The lowest BCUT2D eigenvalue weighted by molar-refractivity contribution is 0.000267. The minimum Gasteiger partial charge on any atom is -0.412 e. The van der Waals surface area contributed by atoms with Crippen LogP contribution in [-0.2, 0) is 4.74 Å². The molecule has 0 spiro atoms. The Morgan fingerprint density at radius 2 is 0.568 bits per heavy atom. The zero-order chi connectivity index (χ0) is 23.9. The number of rotatable bonds is 0. The van der Waals surface area contributed by atoms with Crippen molar-refractivity contribution >= 4 is 0 Å². The SMILES string of the molecule is C.C.C.C.CC1CCC(C)CC1.CC1CCC(C)CC1.CC1CCC(C)CC1.CC1CCC(C)OC1.O.[2HH].[HH]. The van der Waals surface area contributed by atoms with Crippen LogP contribution in [0, 0.1) is 41.4 Å². The highest BCUT2D eigenvalue weighted by Gasteiger charge is 2.15. The van der Waals surface area contributed by atoms with Gasteiger partial charge in [0.05, 0.1) is 6.10 Å². The lowest BCUT2D eigenvalue weighted by Gasteiger charge is -2.23. The van der Waals surface area contributed by atoms with Crippen molar-refractivity contribution in [1.82, 2.24) is 0 Å². The minimum absolute atomic E-state index is 0. The summed E-state index contributed by atoms with van der Waals surface area (Å²) in [5.74, 6) is 6.92. The maximum Gasteiger partial charge on any atom is 0.0547 e. The smallest absolute Gasteiger partial charge is 0.0547 e. The van der Waals surface area contributed by atoms with Crippen LogP contribution in [0.2, 0.25) is 0 Å². The molecule has 2 heteroatoms. The van der Waals surface area contributed by atoms with E-state index in [0.717, 1.165) is 48.0 Å². The molecule has 4 rings (SSSR count). The summed E-state index contributed by atoms with van der Waals surface area (Å²) in [5.41, 5.74) is 0. The zero-order valence-corrected chi connectivity index (χ0v) is 24.1. The summed E-state index contributed by atoms with van der Waals surface area (Å²) < 4.78 is 5.39. The van der Waals surface area contributed by atoms with Crippen LogP contribution in [0.25, 0.3) is 0 Å². The van der Waals surface area contributed by atoms with Crippen LogP contribution in [0.3, 0.4) is 0 Å². The van der Waals surface area contributed by atoms with Crippen LogP contribution < -0.4 is 0 Å². The second kappa shape index (κ2) is 27.5. The molecule has 2 nitrogen and oxygen atoms in total. The van der Waals surface area contributed by atoms with Crippen molar-refractivity contribution in [3.05, 3.63) is 0 Å². The van der Waals surface area contributed by atoms with Gasteiger partial charge in [-0.3, -0.25) is 0 Å². The van der Waals surface area contributed by atoms with Gasteiger partial charge in [0.1, 0.15) is 0 Å². The third-order valence-electron chi connectivity index (χ3n) is 8.64. The first-order valence-electron chi connectivity index (χ1n) is 14.8. The first-order chi connectivity index (χ1) is 15.2. The van der Waals surface area contributed by atoms with E-state index in [1.54, 1.807) is 0 Å². The molecule has 1 heterocycles. The van der Waals surface area contributed by atoms with Crippen LogP contribution in [0.15, 0.2) is 0 Å². The molecular weight excluding hydrogens is 452 g/mol. The maximum absolute atomic E-state index is 5.39. The van der Waals surface area contributed by atoms with Crippen LogP contribution in [0.1, 0.15) is 178 Å². The monoisotopic (exact) mass is 538 g/mol. The van der Waals surface area contributed by atoms with Crippen LogP contribution in [0.4, 0.5) is 0 Å². The Labute approximate surface area is 242 Å². The summed E-state index contributed by atoms with van der Waals surface area (Å²) in [7, 11) is 0. The van der Waals surface area contributed by atoms with Crippen molar-refractivity contribution in [1.29, 1.82) is 0 Å². The standard InChI is InChI=1S/3C8H16.C7H14O.4CH4.H2O.2H2/c3*1-7-3-5-8(2)6-4-7;1-6-3-4-7(2)8-5-6;;;;;;;/h3*7-8H,3-6H2,1-2H3;6-7H,3-5H2,1-2H3;4*1H4;1H2;2*1H/i;;;;;;;;;1+1;. The fourth-order valence-corrected chi connectivity index (χ4v) is 5.29. The molecule has 0 radical (unpaired) electrons. The molecule has 3 aliphatic carbocycles. The Hall–Kier alpha value is -0.0800. The Bertz CT molecular complexity index is 296. The molecule has 236 valence electrons. The maximum atomic E-state index is 5.39. The van der Waals surface area contributed by atoms with Gasteiger partial charge in [0.25, 0.3) is 0 Å². The van der Waals surface area contributed by atoms with Gasteiger partial charge in [-0.15, -0.1) is 0 Å². The highest BCUT2D eigenvalue weighted by molar-refractivity contribution is 4.67. The molecule has 0 aromatic rings. The van der Waals surface area contributed by atoms with Crippen molar-refractivity contribution in [3.8, 4) is 0 Å². The Morgan fingerprint density at radius 1 is 0.378 bits per heavy atom. The highest BCUT2D eigenvalue weighted by Crippen LogP contribution is 2.28. The van der Waals surface area contributed by atoms with E-state index >= 15 is 0 Å². The molecule has 3 saturated carbocycles. The first-order valence-corrected chi connectivity index (χ1v) is 14.8. The van der Waals surface area contributed by atoms with Gasteiger partial charge in [-0.2, -0.15) is 0 Å². The number of hydrogen-bond donors (Lipinski definition) is 0. The van der Waals surface area contributed by atoms with Gasteiger partial charge in [0.15, 0.2) is 0 Å². The lowest BCUT2D eigenvalue weighted by atomic mass is 9.84. The molecule has 4 aliphatic rings. The predicted molar refractivity (Wildman–Crippen MR) is 179 cm³/mol. The second-order valence-corrected chi connectivity index (χ2v) is 12.9. The van der Waals surface area contributed by atoms with E-state index < -0.39 is 0 Å². The van der Waals surface area contributed by atoms with E-state index in [4.69, 9.17) is 4.74 Å². The average Bonchev–Trinajstić information content (AvgIpc) is 2.78. The molecule has 2 unspecified atom stereocenters. The van der Waals surface area contributed by atoms with Crippen molar-refractivity contribution < 1.29 is 13.1 Å². The molecule has 0 aromatic heterocycles. The van der Waals surface area contributed by atoms with Gasteiger partial charge < -0.3 is 10.2 Å². The summed E-state index contributed by atoms with van der Waals surface area (Å²) >= 11 is 0. The molecule has 0 bridgehead atoms. The average molecular weight is 538 g/mol. The summed E-state index contributed by atoms with van der Waals surface area (Å²) in [6.07, 6.45) is 20.8. The van der Waals surface area contributed by atoms with E-state index in [1.807, 2.05) is 0 Å². The van der Waals surface area contributed by atoms with Crippen molar-refractivity contribution in [2.75, 3.05) is 6.61 Å². The minimum atomic E-state index is 0. The second-order valence-electron chi connectivity index (χ2n) is 12.9. The summed E-state index contributed by atoms with van der Waals surface area (Å²) in [5, 5.41) is 0. The number of hydrogen-bond acceptors (Lipinski definition) is 1. The van der Waals surface area contributed by atoms with Gasteiger partial charge in [-0.05, 0) is 61.2 Å². The summed E-state index contributed by atoms with van der Waals surface area (Å²) in [6.45, 7) is 19.6. The Balaban J connectivity index is -0.0000000661. The topological polar surface area (TPSA) is 40.7 Å². The van der Waals surface area contributed by atoms with E-state index in [0.29, 0.717) is 6.10 Å². The Kier molecular flexibility index (Phi) is 34.7.